The number of unbranched alkanes of at least 4 members (excludes halogenated alkanes) is 1. The van der Waals surface area contributed by atoms with Crippen molar-refractivity contribution in [3.05, 3.63) is 319 Å². The molecule has 0 aromatic heterocycles. The SMILES string of the molecule is CC(C)CCCC1CCC(Cc2ccc(CC3=CC=C(C4=CCCC=C4)C4C=CC=C34)cc2)CC1.CC(C)CCCc1ccc(CC2=CC=C(C3=CCCC=C3)C3C=CC=C23)cc1.CCCCC(CC)Cc1ccc(CC2=CC=C(C3=CCCC=C3)C3C=CC=C23)cc1. The Kier molecular flexibility index (Phi) is 24.9. The van der Waals surface area contributed by atoms with Crippen LogP contribution in [0, 0.1) is 47.3 Å². The van der Waals surface area contributed by atoms with Gasteiger partial charge in [0.05, 0.1) is 0 Å². The lowest BCUT2D eigenvalue weighted by Gasteiger charge is -2.29. The maximum atomic E-state index is 2.41. The number of fused-ring (bicyclic) bond motifs is 3. The molecule has 484 valence electrons. The smallest absolute Gasteiger partial charge is 0.0281 e. The number of allylic oxidation sites excluding steroid dienone is 36. The molecule has 0 aliphatic heterocycles. The van der Waals surface area contributed by atoms with Crippen LogP contribution in [-0.2, 0) is 38.5 Å². The van der Waals surface area contributed by atoms with Crippen LogP contribution < -0.4 is 0 Å². The summed E-state index contributed by atoms with van der Waals surface area (Å²) in [5.41, 5.74) is 26.3. The molecule has 93 heavy (non-hydrogen) atoms. The Morgan fingerprint density at radius 1 is 0.376 bits per heavy atom. The van der Waals surface area contributed by atoms with Gasteiger partial charge in [0.25, 0.3) is 0 Å². The van der Waals surface area contributed by atoms with Crippen LogP contribution in [0.4, 0.5) is 0 Å². The van der Waals surface area contributed by atoms with Gasteiger partial charge in [-0.15, -0.1) is 0 Å². The van der Waals surface area contributed by atoms with Gasteiger partial charge in [0, 0.05) is 17.8 Å². The van der Waals surface area contributed by atoms with Gasteiger partial charge in [0.2, 0.25) is 0 Å². The van der Waals surface area contributed by atoms with Crippen molar-refractivity contribution in [2.24, 2.45) is 47.3 Å². The number of benzene rings is 3. The third-order valence-corrected chi connectivity index (χ3v) is 21.7. The van der Waals surface area contributed by atoms with Crippen LogP contribution in [0.25, 0.3) is 0 Å². The second kappa shape index (κ2) is 34.4. The second-order valence-electron chi connectivity index (χ2n) is 29.6. The number of rotatable bonds is 25. The van der Waals surface area contributed by atoms with Crippen LogP contribution in [0.2, 0.25) is 0 Å². The minimum absolute atomic E-state index is 0.433. The summed E-state index contributed by atoms with van der Waals surface area (Å²) in [5, 5.41) is 0. The van der Waals surface area contributed by atoms with Crippen molar-refractivity contribution in [2.75, 3.05) is 0 Å². The Morgan fingerprint density at radius 2 is 0.774 bits per heavy atom. The van der Waals surface area contributed by atoms with Crippen molar-refractivity contribution in [3.8, 4) is 0 Å². The lowest BCUT2D eigenvalue weighted by atomic mass is 9.77. The molecule has 0 heterocycles. The molecule has 0 spiro atoms. The molecule has 3 aromatic rings. The van der Waals surface area contributed by atoms with E-state index in [0.29, 0.717) is 17.8 Å². The third kappa shape index (κ3) is 18.9. The fourth-order valence-electron chi connectivity index (χ4n) is 16.1. The topological polar surface area (TPSA) is 0 Å². The Morgan fingerprint density at radius 3 is 1.17 bits per heavy atom. The van der Waals surface area contributed by atoms with E-state index in [1.54, 1.807) is 0 Å². The first-order valence-electron chi connectivity index (χ1n) is 37.4. The first-order chi connectivity index (χ1) is 45.6. The van der Waals surface area contributed by atoms with Crippen LogP contribution in [0.5, 0.6) is 0 Å². The lowest BCUT2D eigenvalue weighted by molar-refractivity contribution is 0.255. The van der Waals surface area contributed by atoms with Crippen LogP contribution in [0.3, 0.4) is 0 Å². The number of aryl methyl sites for hydroxylation is 1. The van der Waals surface area contributed by atoms with Gasteiger partial charge < -0.3 is 0 Å². The van der Waals surface area contributed by atoms with Gasteiger partial charge >= 0.3 is 0 Å². The molecule has 0 amide bonds. The highest BCUT2D eigenvalue weighted by atomic mass is 14.3. The number of hydrogen-bond donors (Lipinski definition) is 0. The summed E-state index contributed by atoms with van der Waals surface area (Å²) in [6.45, 7) is 14.0. The Hall–Kier alpha value is -7.02. The highest BCUT2D eigenvalue weighted by Crippen LogP contribution is 2.44. The van der Waals surface area contributed by atoms with Gasteiger partial charge in [-0.2, -0.15) is 0 Å². The standard InChI is InChI=1S/C35H44.C30H36.C28H32/c1-26(2)8-6-9-27-14-16-28(17-15-27)24-29-18-20-30(21-19-29)25-32-22-23-34(31-10-4-3-5-11-31)35-13-7-12-33(32)35;1-3-5-10-23(4-2)21-24-15-17-25(18-16-24)22-27-19-20-29(26-11-7-6-8-12-26)30-14-9-13-28(27)30;1-21(2)8-6-9-22-14-16-23(17-15-22)20-25-18-19-27(24-10-4-3-5-11-24)28-13-7-12-26(25)28/h4,7,10-13,18-23,26-28,35H,3,5-6,8-9,14-17,24-25H2,1-2H3;7,9,11-20,23,30H,3-6,8,10,21-22H2,1-2H3;4,7,10-19,21,28H,3,5-6,8-9,20H2,1-2H3. The zero-order chi connectivity index (χ0) is 64.1. The molecule has 0 saturated heterocycles. The molecule has 0 bridgehead atoms. The highest BCUT2D eigenvalue weighted by Gasteiger charge is 2.30. The minimum atomic E-state index is 0.433. The first-order valence-corrected chi connectivity index (χ1v) is 37.4. The van der Waals surface area contributed by atoms with Crippen molar-refractivity contribution in [1.82, 2.24) is 0 Å². The van der Waals surface area contributed by atoms with Gasteiger partial charge in [-0.1, -0.05) is 324 Å². The third-order valence-electron chi connectivity index (χ3n) is 21.7. The number of hydrogen-bond acceptors (Lipinski definition) is 0. The van der Waals surface area contributed by atoms with Gasteiger partial charge in [0.15, 0.2) is 0 Å². The molecular formula is C93H112. The van der Waals surface area contributed by atoms with E-state index in [4.69, 9.17) is 0 Å². The largest absolute Gasteiger partial charge is 0.0836 e. The predicted octanol–water partition coefficient (Wildman–Crippen LogP) is 25.4. The van der Waals surface area contributed by atoms with Crippen molar-refractivity contribution in [3.63, 3.8) is 0 Å². The fraction of sp³-hybridized carbons (Fsp3) is 0.419. The molecule has 1 fully saturated rings. The van der Waals surface area contributed by atoms with Crippen molar-refractivity contribution >= 4 is 0 Å². The van der Waals surface area contributed by atoms with E-state index in [-0.39, 0.29) is 0 Å². The van der Waals surface area contributed by atoms with E-state index in [9.17, 15) is 0 Å². The zero-order valence-electron chi connectivity index (χ0n) is 58.1. The van der Waals surface area contributed by atoms with E-state index < -0.39 is 0 Å². The molecule has 4 atom stereocenters. The Labute approximate surface area is 564 Å². The molecule has 10 aliphatic rings. The summed E-state index contributed by atoms with van der Waals surface area (Å²) in [6.07, 6.45) is 87.9. The van der Waals surface area contributed by atoms with Crippen LogP contribution in [0.15, 0.2) is 285 Å². The van der Waals surface area contributed by atoms with Gasteiger partial charge in [-0.3, -0.25) is 0 Å². The Bertz CT molecular complexity index is 3590. The van der Waals surface area contributed by atoms with E-state index in [1.807, 2.05) is 0 Å². The molecule has 0 heteroatoms. The quantitative estimate of drug-likeness (QED) is 0.0793. The average Bonchev–Trinajstić information content (AvgIpc) is 1.80. The second-order valence-corrected chi connectivity index (χ2v) is 29.6. The van der Waals surface area contributed by atoms with E-state index in [2.05, 4.69) is 260 Å². The normalized spacial score (nSPS) is 22.6. The molecule has 0 radical (unpaired) electrons. The molecule has 4 unspecified atom stereocenters. The van der Waals surface area contributed by atoms with E-state index in [0.717, 1.165) is 48.9 Å². The van der Waals surface area contributed by atoms with E-state index >= 15 is 0 Å². The monoisotopic (exact) mass is 1230 g/mol. The van der Waals surface area contributed by atoms with Crippen LogP contribution >= 0.6 is 0 Å². The predicted molar refractivity (Wildman–Crippen MR) is 403 cm³/mol. The summed E-state index contributed by atoms with van der Waals surface area (Å²) in [4.78, 5) is 0. The van der Waals surface area contributed by atoms with Crippen molar-refractivity contribution in [2.45, 2.75) is 202 Å². The maximum absolute atomic E-state index is 2.41. The minimum Gasteiger partial charge on any atom is -0.0836 e. The van der Waals surface area contributed by atoms with Crippen molar-refractivity contribution < 1.29 is 0 Å². The molecule has 1 saturated carbocycles. The van der Waals surface area contributed by atoms with Gasteiger partial charge in [-0.25, -0.2) is 0 Å². The fourth-order valence-corrected chi connectivity index (χ4v) is 16.1. The average molecular weight is 1230 g/mol. The van der Waals surface area contributed by atoms with E-state index in [1.165, 1.54) is 242 Å². The van der Waals surface area contributed by atoms with Gasteiger partial charge in [-0.05, 0) is 226 Å². The van der Waals surface area contributed by atoms with Gasteiger partial charge in [0.1, 0.15) is 0 Å². The zero-order valence-corrected chi connectivity index (χ0v) is 58.1. The molecule has 3 aromatic carbocycles. The molecule has 13 rings (SSSR count). The molecule has 10 aliphatic carbocycles. The van der Waals surface area contributed by atoms with Crippen molar-refractivity contribution in [1.29, 1.82) is 0 Å². The Balaban J connectivity index is 0.000000144. The molecule has 0 nitrogen and oxygen atoms in total. The van der Waals surface area contributed by atoms with Crippen LogP contribution in [-0.4, -0.2) is 0 Å². The molecular weight excluding hydrogens is 1120 g/mol. The summed E-state index contributed by atoms with van der Waals surface area (Å²) in [6, 6.07) is 28.3. The first kappa shape index (κ1) is 67.4. The van der Waals surface area contributed by atoms with Crippen LogP contribution in [0.1, 0.15) is 197 Å². The lowest BCUT2D eigenvalue weighted by Crippen LogP contribution is -2.16. The maximum Gasteiger partial charge on any atom is 0.0281 e. The molecule has 0 N–H and O–H groups in total. The highest BCUT2D eigenvalue weighted by molar-refractivity contribution is 5.63. The summed E-state index contributed by atoms with van der Waals surface area (Å²) in [5.74, 6) is 5.69. The summed E-state index contributed by atoms with van der Waals surface area (Å²) in [7, 11) is 0. The summed E-state index contributed by atoms with van der Waals surface area (Å²) < 4.78 is 0. The summed E-state index contributed by atoms with van der Waals surface area (Å²) >= 11 is 0.